The quantitative estimate of drug-likeness (QED) is 0.718. The summed E-state index contributed by atoms with van der Waals surface area (Å²) >= 11 is 1.66. The molecule has 0 saturated heterocycles. The maximum absolute atomic E-state index is 6.17. The van der Waals surface area contributed by atoms with E-state index in [2.05, 4.69) is 21.3 Å². The van der Waals surface area contributed by atoms with E-state index in [4.69, 9.17) is 5.73 Å². The molecule has 3 aromatic rings. The molecular formula is C16H18N4S. The van der Waals surface area contributed by atoms with Crippen LogP contribution in [0.3, 0.4) is 0 Å². The molecule has 0 atom stereocenters. The zero-order valence-corrected chi connectivity index (χ0v) is 13.2. The molecule has 1 heterocycles. The first-order valence-corrected chi connectivity index (χ1v) is 7.56. The van der Waals surface area contributed by atoms with Crippen LogP contribution in [0.5, 0.6) is 0 Å². The van der Waals surface area contributed by atoms with E-state index < -0.39 is 0 Å². The van der Waals surface area contributed by atoms with E-state index in [0.717, 1.165) is 38.0 Å². The number of nitrogens with zero attached hydrogens (tertiary/aromatic N) is 2. The fourth-order valence-electron chi connectivity index (χ4n) is 2.33. The fourth-order valence-corrected chi connectivity index (χ4v) is 3.18. The van der Waals surface area contributed by atoms with E-state index in [1.165, 1.54) is 0 Å². The smallest absolute Gasteiger partial charge is 0.0907 e. The first-order chi connectivity index (χ1) is 10.0. The van der Waals surface area contributed by atoms with Gasteiger partial charge in [-0.15, -0.1) is 11.3 Å². The number of aryl methyl sites for hydroxylation is 1. The lowest BCUT2D eigenvalue weighted by molar-refractivity contribution is 1.13. The predicted octanol–water partition coefficient (Wildman–Crippen LogP) is 4.00. The molecule has 3 rings (SSSR count). The summed E-state index contributed by atoms with van der Waals surface area (Å²) in [7, 11) is 4.05. The molecule has 0 spiro atoms. The van der Waals surface area contributed by atoms with E-state index in [9.17, 15) is 0 Å². The van der Waals surface area contributed by atoms with Crippen molar-refractivity contribution in [1.82, 2.24) is 4.98 Å². The average molecular weight is 298 g/mol. The lowest BCUT2D eigenvalue weighted by Crippen LogP contribution is -2.11. The summed E-state index contributed by atoms with van der Waals surface area (Å²) in [5, 5.41) is 4.47. The first-order valence-electron chi connectivity index (χ1n) is 6.74. The lowest BCUT2D eigenvalue weighted by Gasteiger charge is -2.19. The second-order valence-electron chi connectivity index (χ2n) is 5.18. The van der Waals surface area contributed by atoms with Gasteiger partial charge in [0.05, 0.1) is 38.0 Å². The van der Waals surface area contributed by atoms with Gasteiger partial charge < -0.3 is 16.0 Å². The molecule has 0 bridgehead atoms. The molecule has 4 nitrogen and oxygen atoms in total. The summed E-state index contributed by atoms with van der Waals surface area (Å²) in [6.07, 6.45) is 0. The van der Waals surface area contributed by atoms with Crippen molar-refractivity contribution >= 4 is 44.3 Å². The number of nitrogen functional groups attached to an aromatic ring is 1. The van der Waals surface area contributed by atoms with Crippen LogP contribution in [-0.2, 0) is 0 Å². The molecule has 0 aliphatic carbocycles. The fraction of sp³-hybridized carbons (Fsp3) is 0.188. The molecule has 0 aliphatic heterocycles. The van der Waals surface area contributed by atoms with Crippen molar-refractivity contribution < 1.29 is 0 Å². The Morgan fingerprint density at radius 3 is 2.67 bits per heavy atom. The molecule has 3 N–H and O–H groups in total. The number of nitrogens with two attached hydrogens (primary N) is 1. The molecular weight excluding hydrogens is 280 g/mol. The Balaban J connectivity index is 2.03. The Hall–Kier alpha value is -2.27. The molecule has 0 aliphatic rings. The van der Waals surface area contributed by atoms with Gasteiger partial charge in [0.15, 0.2) is 0 Å². The number of benzene rings is 2. The maximum atomic E-state index is 6.17. The van der Waals surface area contributed by atoms with Gasteiger partial charge in [-0.3, -0.25) is 0 Å². The summed E-state index contributed by atoms with van der Waals surface area (Å²) < 4.78 is 1.12. The molecule has 0 fully saturated rings. The molecule has 21 heavy (non-hydrogen) atoms. The normalized spacial score (nSPS) is 10.8. The van der Waals surface area contributed by atoms with Crippen molar-refractivity contribution in [2.75, 3.05) is 30.0 Å². The van der Waals surface area contributed by atoms with Crippen molar-refractivity contribution in [3.8, 4) is 0 Å². The van der Waals surface area contributed by atoms with E-state index >= 15 is 0 Å². The first kappa shape index (κ1) is 13.7. The summed E-state index contributed by atoms with van der Waals surface area (Å²) in [5.74, 6) is 0. The highest BCUT2D eigenvalue weighted by atomic mass is 32.1. The van der Waals surface area contributed by atoms with Crippen LogP contribution in [0.1, 0.15) is 5.01 Å². The van der Waals surface area contributed by atoms with Gasteiger partial charge in [-0.2, -0.15) is 0 Å². The lowest BCUT2D eigenvalue weighted by atomic mass is 10.2. The molecule has 5 heteroatoms. The number of rotatable bonds is 3. The molecule has 2 aromatic carbocycles. The van der Waals surface area contributed by atoms with E-state index in [0.29, 0.717) is 0 Å². The third kappa shape index (κ3) is 2.64. The van der Waals surface area contributed by atoms with Crippen LogP contribution < -0.4 is 16.0 Å². The van der Waals surface area contributed by atoms with Crippen molar-refractivity contribution in [1.29, 1.82) is 0 Å². The topological polar surface area (TPSA) is 54.2 Å². The number of aromatic nitrogens is 1. The minimum atomic E-state index is 0.736. The number of fused-ring (bicyclic) bond motifs is 1. The van der Waals surface area contributed by atoms with Gasteiger partial charge in [-0.1, -0.05) is 12.1 Å². The minimum absolute atomic E-state index is 0.736. The highest BCUT2D eigenvalue weighted by Gasteiger charge is 2.09. The van der Waals surface area contributed by atoms with Gasteiger partial charge in [-0.25, -0.2) is 4.98 Å². The third-order valence-corrected chi connectivity index (χ3v) is 4.26. The molecule has 1 aromatic heterocycles. The van der Waals surface area contributed by atoms with Gasteiger partial charge in [-0.05, 0) is 31.2 Å². The van der Waals surface area contributed by atoms with Crippen LogP contribution >= 0.6 is 11.3 Å². The maximum Gasteiger partial charge on any atom is 0.0907 e. The number of nitrogens with one attached hydrogen (secondary N) is 1. The summed E-state index contributed by atoms with van der Waals surface area (Å²) in [6.45, 7) is 2.01. The molecule has 108 valence electrons. The Morgan fingerprint density at radius 2 is 1.90 bits per heavy atom. The SMILES string of the molecule is Cc1nc2cc(Nc3ccccc3N(C)C)c(N)cc2s1. The number of para-hydroxylation sites is 2. The summed E-state index contributed by atoms with van der Waals surface area (Å²) in [4.78, 5) is 6.60. The summed E-state index contributed by atoms with van der Waals surface area (Å²) in [5.41, 5.74) is 10.9. The Morgan fingerprint density at radius 1 is 1.14 bits per heavy atom. The van der Waals surface area contributed by atoms with Gasteiger partial charge in [0, 0.05) is 14.1 Å². The zero-order chi connectivity index (χ0) is 15.0. The van der Waals surface area contributed by atoms with E-state index in [1.807, 2.05) is 51.4 Å². The highest BCUT2D eigenvalue weighted by Crippen LogP contribution is 2.34. The molecule has 0 saturated carbocycles. The van der Waals surface area contributed by atoms with Crippen LogP contribution in [0.15, 0.2) is 36.4 Å². The second-order valence-corrected chi connectivity index (χ2v) is 6.41. The predicted molar refractivity (Wildman–Crippen MR) is 92.8 cm³/mol. The number of hydrogen-bond acceptors (Lipinski definition) is 5. The van der Waals surface area contributed by atoms with Crippen molar-refractivity contribution in [3.63, 3.8) is 0 Å². The molecule has 0 amide bonds. The van der Waals surface area contributed by atoms with Crippen molar-refractivity contribution in [2.45, 2.75) is 6.92 Å². The number of hydrogen-bond donors (Lipinski definition) is 2. The monoisotopic (exact) mass is 298 g/mol. The van der Waals surface area contributed by atoms with Gasteiger partial charge in [0.1, 0.15) is 0 Å². The van der Waals surface area contributed by atoms with Crippen molar-refractivity contribution in [2.24, 2.45) is 0 Å². The van der Waals surface area contributed by atoms with Gasteiger partial charge in [0.25, 0.3) is 0 Å². The summed E-state index contributed by atoms with van der Waals surface area (Å²) in [6, 6.07) is 12.2. The number of anilines is 4. The van der Waals surface area contributed by atoms with Gasteiger partial charge in [0.2, 0.25) is 0 Å². The van der Waals surface area contributed by atoms with Crippen LogP contribution in [0.4, 0.5) is 22.7 Å². The van der Waals surface area contributed by atoms with Crippen LogP contribution in [0.25, 0.3) is 10.2 Å². The van der Waals surface area contributed by atoms with Gasteiger partial charge >= 0.3 is 0 Å². The molecule has 0 unspecified atom stereocenters. The van der Waals surface area contributed by atoms with E-state index in [1.54, 1.807) is 11.3 Å². The zero-order valence-electron chi connectivity index (χ0n) is 12.3. The Labute approximate surface area is 128 Å². The van der Waals surface area contributed by atoms with Crippen LogP contribution in [0, 0.1) is 6.92 Å². The largest absolute Gasteiger partial charge is 0.397 e. The Kier molecular flexibility index (Phi) is 3.43. The minimum Gasteiger partial charge on any atom is -0.397 e. The van der Waals surface area contributed by atoms with Crippen LogP contribution in [-0.4, -0.2) is 19.1 Å². The molecule has 0 radical (unpaired) electrons. The standard InChI is InChI=1S/C16H18N4S/c1-10-18-14-9-13(11(17)8-16(14)21-10)19-12-6-4-5-7-15(12)20(2)3/h4-9,19H,17H2,1-3H3. The van der Waals surface area contributed by atoms with E-state index in [-0.39, 0.29) is 0 Å². The number of thiazole rings is 1. The third-order valence-electron chi connectivity index (χ3n) is 3.32. The second kappa shape index (κ2) is 5.26. The van der Waals surface area contributed by atoms with Crippen LogP contribution in [0.2, 0.25) is 0 Å². The van der Waals surface area contributed by atoms with Crippen molar-refractivity contribution in [3.05, 3.63) is 41.4 Å². The highest BCUT2D eigenvalue weighted by molar-refractivity contribution is 7.18. The Bertz CT molecular complexity index is 792. The average Bonchev–Trinajstić information content (AvgIpc) is 2.78.